The van der Waals surface area contributed by atoms with Gasteiger partial charge in [-0.05, 0) is 36.6 Å². The molecule has 0 atom stereocenters. The van der Waals surface area contributed by atoms with Crippen LogP contribution in [-0.4, -0.2) is 18.0 Å². The maximum atomic E-state index is 4.26. The van der Waals surface area contributed by atoms with Gasteiger partial charge in [-0.3, -0.25) is 4.99 Å². The zero-order valence-corrected chi connectivity index (χ0v) is 16.4. The van der Waals surface area contributed by atoms with E-state index >= 15 is 0 Å². The molecule has 4 nitrogen and oxygen atoms in total. The van der Waals surface area contributed by atoms with Crippen LogP contribution in [0.25, 0.3) is 10.9 Å². The summed E-state index contributed by atoms with van der Waals surface area (Å²) in [6, 6.07) is 14.8. The van der Waals surface area contributed by atoms with Crippen LogP contribution in [0.4, 0.5) is 0 Å². The van der Waals surface area contributed by atoms with Gasteiger partial charge in [-0.1, -0.05) is 18.2 Å². The lowest BCUT2D eigenvalue weighted by atomic mass is 10.2. The number of nitrogens with zero attached hydrogens (tertiary/aromatic N) is 1. The molecule has 6 heteroatoms. The van der Waals surface area contributed by atoms with Gasteiger partial charge >= 0.3 is 0 Å². The van der Waals surface area contributed by atoms with Crippen molar-refractivity contribution in [3.05, 3.63) is 57.9 Å². The second-order valence-electron chi connectivity index (χ2n) is 5.17. The number of fused-ring (bicyclic) bond motifs is 1. The van der Waals surface area contributed by atoms with Crippen molar-refractivity contribution in [1.82, 2.24) is 15.6 Å². The number of aromatic amines is 1. The maximum absolute atomic E-state index is 4.26. The predicted molar refractivity (Wildman–Crippen MR) is 110 cm³/mol. The Hall–Kier alpha value is -1.54. The maximum Gasteiger partial charge on any atom is 0.191 e. The van der Waals surface area contributed by atoms with Crippen LogP contribution in [-0.2, 0) is 13.1 Å². The van der Waals surface area contributed by atoms with Gasteiger partial charge in [-0.15, -0.1) is 35.3 Å². The van der Waals surface area contributed by atoms with Crippen LogP contribution in [0, 0.1) is 6.92 Å². The molecule has 122 valence electrons. The highest BCUT2D eigenvalue weighted by molar-refractivity contribution is 14.0. The van der Waals surface area contributed by atoms with Crippen molar-refractivity contribution in [2.24, 2.45) is 4.99 Å². The summed E-state index contributed by atoms with van der Waals surface area (Å²) >= 11 is 1.81. The Labute approximate surface area is 157 Å². The van der Waals surface area contributed by atoms with Gasteiger partial charge in [0.15, 0.2) is 5.96 Å². The molecule has 0 bridgehead atoms. The number of nitrogens with one attached hydrogen (secondary N) is 3. The van der Waals surface area contributed by atoms with Crippen molar-refractivity contribution in [1.29, 1.82) is 0 Å². The first-order valence-corrected chi connectivity index (χ1v) is 8.13. The number of aryl methyl sites for hydroxylation is 1. The highest BCUT2D eigenvalue weighted by Crippen LogP contribution is 2.15. The third kappa shape index (κ3) is 4.71. The van der Waals surface area contributed by atoms with Gasteiger partial charge in [0.05, 0.1) is 13.1 Å². The zero-order valence-electron chi connectivity index (χ0n) is 13.2. The monoisotopic (exact) mass is 440 g/mol. The van der Waals surface area contributed by atoms with Crippen LogP contribution in [0.3, 0.4) is 0 Å². The highest BCUT2D eigenvalue weighted by Gasteiger charge is 2.03. The van der Waals surface area contributed by atoms with E-state index in [0.717, 1.165) is 30.3 Å². The van der Waals surface area contributed by atoms with E-state index in [2.05, 4.69) is 63.9 Å². The lowest BCUT2D eigenvalue weighted by molar-refractivity contribution is 0.805. The van der Waals surface area contributed by atoms with Crippen LogP contribution in [0.5, 0.6) is 0 Å². The number of para-hydroxylation sites is 1. The third-order valence-electron chi connectivity index (χ3n) is 3.48. The van der Waals surface area contributed by atoms with Gasteiger partial charge in [-0.2, -0.15) is 0 Å². The highest BCUT2D eigenvalue weighted by atomic mass is 127. The second kappa shape index (κ2) is 8.35. The Morgan fingerprint density at radius 3 is 2.61 bits per heavy atom. The smallest absolute Gasteiger partial charge is 0.191 e. The van der Waals surface area contributed by atoms with E-state index < -0.39 is 0 Å². The lowest BCUT2D eigenvalue weighted by Gasteiger charge is -2.10. The number of H-pyrrole nitrogens is 1. The molecule has 0 radical (unpaired) electrons. The molecular formula is C17H21IN4S. The fourth-order valence-electron chi connectivity index (χ4n) is 2.38. The molecule has 2 heterocycles. The Balaban J connectivity index is 0.00000192. The quantitative estimate of drug-likeness (QED) is 0.326. The Kier molecular flexibility index (Phi) is 6.47. The van der Waals surface area contributed by atoms with E-state index in [1.54, 1.807) is 18.4 Å². The standard InChI is InChI=1S/C17H20N4S.HI/c1-12-7-8-15(22-12)11-20-17(18-2)19-10-14-9-13-5-3-4-6-16(13)21-14;/h3-9,21H,10-11H2,1-2H3,(H2,18,19,20);1H. The molecule has 0 fully saturated rings. The van der Waals surface area contributed by atoms with Crippen LogP contribution in [0.15, 0.2) is 47.5 Å². The van der Waals surface area contributed by atoms with Crippen LogP contribution < -0.4 is 10.6 Å². The second-order valence-corrected chi connectivity index (χ2v) is 6.55. The first-order chi connectivity index (χ1) is 10.7. The zero-order chi connectivity index (χ0) is 15.4. The minimum atomic E-state index is 0. The largest absolute Gasteiger partial charge is 0.357 e. The molecule has 0 spiro atoms. The summed E-state index contributed by atoms with van der Waals surface area (Å²) in [6.07, 6.45) is 0. The number of guanidine groups is 1. The van der Waals surface area contributed by atoms with Gasteiger partial charge in [0.25, 0.3) is 0 Å². The number of hydrogen-bond donors (Lipinski definition) is 3. The lowest BCUT2D eigenvalue weighted by Crippen LogP contribution is -2.36. The summed E-state index contributed by atoms with van der Waals surface area (Å²) in [5.74, 6) is 0.810. The van der Waals surface area contributed by atoms with Crippen molar-refractivity contribution in [2.75, 3.05) is 7.05 Å². The molecule has 0 aliphatic heterocycles. The van der Waals surface area contributed by atoms with Crippen LogP contribution >= 0.6 is 35.3 Å². The normalized spacial score (nSPS) is 11.3. The number of aromatic nitrogens is 1. The fourth-order valence-corrected chi connectivity index (χ4v) is 3.21. The van der Waals surface area contributed by atoms with E-state index in [-0.39, 0.29) is 24.0 Å². The molecule has 3 N–H and O–H groups in total. The van der Waals surface area contributed by atoms with Gasteiger partial charge < -0.3 is 15.6 Å². The molecule has 0 unspecified atom stereocenters. The van der Waals surface area contributed by atoms with E-state index in [4.69, 9.17) is 0 Å². The summed E-state index contributed by atoms with van der Waals surface area (Å²) in [7, 11) is 1.79. The van der Waals surface area contributed by atoms with E-state index in [1.807, 2.05) is 6.07 Å². The minimum Gasteiger partial charge on any atom is -0.357 e. The van der Waals surface area contributed by atoms with Crippen molar-refractivity contribution in [2.45, 2.75) is 20.0 Å². The Morgan fingerprint density at radius 2 is 1.91 bits per heavy atom. The summed E-state index contributed by atoms with van der Waals surface area (Å²) in [4.78, 5) is 10.3. The third-order valence-corrected chi connectivity index (χ3v) is 4.48. The first kappa shape index (κ1) is 17.8. The van der Waals surface area contributed by atoms with Crippen molar-refractivity contribution in [3.8, 4) is 0 Å². The first-order valence-electron chi connectivity index (χ1n) is 7.31. The molecule has 23 heavy (non-hydrogen) atoms. The summed E-state index contributed by atoms with van der Waals surface area (Å²) in [5, 5.41) is 7.91. The average molecular weight is 440 g/mol. The number of thiophene rings is 1. The van der Waals surface area contributed by atoms with Gasteiger partial charge in [-0.25, -0.2) is 0 Å². The number of benzene rings is 1. The van der Waals surface area contributed by atoms with Crippen molar-refractivity contribution >= 4 is 52.2 Å². The van der Waals surface area contributed by atoms with E-state index in [0.29, 0.717) is 0 Å². The van der Waals surface area contributed by atoms with Crippen molar-refractivity contribution < 1.29 is 0 Å². The molecule has 0 saturated heterocycles. The van der Waals surface area contributed by atoms with Crippen LogP contribution in [0.1, 0.15) is 15.4 Å². The molecule has 0 aliphatic rings. The average Bonchev–Trinajstić information content (AvgIpc) is 3.13. The topological polar surface area (TPSA) is 52.2 Å². The van der Waals surface area contributed by atoms with Gasteiger partial charge in [0.2, 0.25) is 0 Å². The summed E-state index contributed by atoms with van der Waals surface area (Å²) in [6.45, 7) is 3.64. The predicted octanol–water partition coefficient (Wildman–Crippen LogP) is 4.02. The van der Waals surface area contributed by atoms with Gasteiger partial charge in [0, 0.05) is 28.0 Å². The van der Waals surface area contributed by atoms with Crippen LogP contribution in [0.2, 0.25) is 0 Å². The molecule has 3 aromatic rings. The number of hydrogen-bond acceptors (Lipinski definition) is 2. The molecule has 1 aromatic carbocycles. The summed E-state index contributed by atoms with van der Waals surface area (Å²) in [5.41, 5.74) is 2.31. The molecule has 3 rings (SSSR count). The SMILES string of the molecule is CN=C(NCc1cc2ccccc2[nH]1)NCc1ccc(C)s1.I. The number of rotatable bonds is 4. The van der Waals surface area contributed by atoms with Crippen molar-refractivity contribution in [3.63, 3.8) is 0 Å². The molecular weight excluding hydrogens is 419 g/mol. The molecule has 0 amide bonds. The van der Waals surface area contributed by atoms with E-state index in [9.17, 15) is 0 Å². The fraction of sp³-hybridized carbons (Fsp3) is 0.235. The molecule has 2 aromatic heterocycles. The Bertz CT molecular complexity index is 758. The molecule has 0 aliphatic carbocycles. The minimum absolute atomic E-state index is 0. The number of aliphatic imine (C=N–C) groups is 1. The molecule has 0 saturated carbocycles. The Morgan fingerprint density at radius 1 is 1.13 bits per heavy atom. The van der Waals surface area contributed by atoms with E-state index in [1.165, 1.54) is 15.1 Å². The van der Waals surface area contributed by atoms with Gasteiger partial charge in [0.1, 0.15) is 0 Å². The number of halogens is 1. The summed E-state index contributed by atoms with van der Waals surface area (Å²) < 4.78 is 0.